The highest BCUT2D eigenvalue weighted by Gasteiger charge is 2.30. The van der Waals surface area contributed by atoms with Gasteiger partial charge in [-0.05, 0) is 37.1 Å². The first-order chi connectivity index (χ1) is 7.22. The van der Waals surface area contributed by atoms with Gasteiger partial charge in [0.1, 0.15) is 0 Å². The van der Waals surface area contributed by atoms with Gasteiger partial charge in [-0.25, -0.2) is 0 Å². The Kier molecular flexibility index (Phi) is 2.96. The van der Waals surface area contributed by atoms with Crippen molar-refractivity contribution in [1.29, 1.82) is 0 Å². The minimum absolute atomic E-state index is 0.226. The molecule has 0 aliphatic carbocycles. The second kappa shape index (κ2) is 4.23. The van der Waals surface area contributed by atoms with Gasteiger partial charge in [0.15, 0.2) is 0 Å². The number of nitrogens with zero attached hydrogens (tertiary/aromatic N) is 1. The van der Waals surface area contributed by atoms with Gasteiger partial charge >= 0.3 is 0 Å². The molecule has 0 bridgehead atoms. The van der Waals surface area contributed by atoms with Crippen LogP contribution in [0.1, 0.15) is 26.2 Å². The molecule has 0 spiro atoms. The minimum Gasteiger partial charge on any atom is -0.309 e. The number of carbonyl (C=O) groups is 1. The van der Waals surface area contributed by atoms with Crippen molar-refractivity contribution < 1.29 is 4.79 Å². The molecule has 1 saturated heterocycles. The molecular weight excluding hydrogens is 210 g/mol. The minimum atomic E-state index is 0.226. The summed E-state index contributed by atoms with van der Waals surface area (Å²) < 4.78 is 0. The normalized spacial score (nSPS) is 21.1. The third-order valence-corrected chi connectivity index (χ3v) is 3.15. The summed E-state index contributed by atoms with van der Waals surface area (Å²) in [6.07, 6.45) is 2.65. The summed E-state index contributed by atoms with van der Waals surface area (Å²) in [6, 6.07) is 7.84. The van der Waals surface area contributed by atoms with Crippen molar-refractivity contribution in [1.82, 2.24) is 0 Å². The summed E-state index contributed by atoms with van der Waals surface area (Å²) in [5, 5.41) is 0.707. The molecule has 0 N–H and O–H groups in total. The maximum Gasteiger partial charge on any atom is 0.227 e. The molecule has 1 atom stereocenters. The number of hydrogen-bond acceptors (Lipinski definition) is 1. The zero-order valence-electron chi connectivity index (χ0n) is 8.74. The van der Waals surface area contributed by atoms with E-state index in [1.807, 2.05) is 29.2 Å². The number of anilines is 1. The molecule has 1 aliphatic heterocycles. The number of rotatable bonds is 2. The summed E-state index contributed by atoms with van der Waals surface area (Å²) >= 11 is 5.82. The highest BCUT2D eigenvalue weighted by molar-refractivity contribution is 6.30. The van der Waals surface area contributed by atoms with Gasteiger partial charge in [-0.1, -0.05) is 18.5 Å². The molecule has 1 aromatic rings. The average molecular weight is 224 g/mol. The summed E-state index contributed by atoms with van der Waals surface area (Å²) in [5.41, 5.74) is 0.966. The van der Waals surface area contributed by atoms with Crippen molar-refractivity contribution in [2.75, 3.05) is 4.90 Å². The molecule has 1 unspecified atom stereocenters. The van der Waals surface area contributed by atoms with Crippen LogP contribution in [0, 0.1) is 0 Å². The van der Waals surface area contributed by atoms with Gasteiger partial charge in [-0.3, -0.25) is 4.79 Å². The van der Waals surface area contributed by atoms with Crippen LogP contribution in [-0.4, -0.2) is 11.9 Å². The fourth-order valence-electron chi connectivity index (χ4n) is 2.09. The Bertz CT molecular complexity index is 360. The van der Waals surface area contributed by atoms with Crippen molar-refractivity contribution in [3.8, 4) is 0 Å². The zero-order chi connectivity index (χ0) is 10.8. The molecular formula is C12H14ClNO. The van der Waals surface area contributed by atoms with Crippen LogP contribution >= 0.6 is 11.6 Å². The Balaban J connectivity index is 2.28. The molecule has 2 nitrogen and oxygen atoms in total. The number of carbonyl (C=O) groups excluding carboxylic acids is 1. The van der Waals surface area contributed by atoms with E-state index in [1.165, 1.54) is 0 Å². The van der Waals surface area contributed by atoms with E-state index in [9.17, 15) is 4.79 Å². The SMILES string of the molecule is CCC1CCC(=O)N1c1ccc(Cl)cc1. The number of benzene rings is 1. The Hall–Kier alpha value is -1.02. The zero-order valence-corrected chi connectivity index (χ0v) is 9.50. The number of halogens is 1. The standard InChI is InChI=1S/C12H14ClNO/c1-2-10-7-8-12(15)14(10)11-5-3-9(13)4-6-11/h3-6,10H,2,7-8H2,1H3. The van der Waals surface area contributed by atoms with Crippen LogP contribution in [0.15, 0.2) is 24.3 Å². The van der Waals surface area contributed by atoms with Crippen molar-refractivity contribution in [3.63, 3.8) is 0 Å². The Morgan fingerprint density at radius 2 is 2.07 bits per heavy atom. The van der Waals surface area contributed by atoms with E-state index >= 15 is 0 Å². The maximum absolute atomic E-state index is 11.7. The van der Waals surface area contributed by atoms with Crippen molar-refractivity contribution in [3.05, 3.63) is 29.3 Å². The van der Waals surface area contributed by atoms with Gasteiger partial charge in [0.05, 0.1) is 0 Å². The van der Waals surface area contributed by atoms with Crippen LogP contribution in [-0.2, 0) is 4.79 Å². The topological polar surface area (TPSA) is 20.3 Å². The van der Waals surface area contributed by atoms with Crippen LogP contribution < -0.4 is 4.90 Å². The Morgan fingerprint density at radius 3 is 2.67 bits per heavy atom. The third kappa shape index (κ3) is 2.00. The molecule has 0 saturated carbocycles. The first kappa shape index (κ1) is 10.5. The lowest BCUT2D eigenvalue weighted by Crippen LogP contribution is -2.32. The molecule has 1 aliphatic rings. The number of amides is 1. The van der Waals surface area contributed by atoms with Gasteiger partial charge in [0.25, 0.3) is 0 Å². The van der Waals surface area contributed by atoms with E-state index in [4.69, 9.17) is 11.6 Å². The Labute approximate surface area is 94.8 Å². The lowest BCUT2D eigenvalue weighted by Gasteiger charge is -2.23. The molecule has 15 heavy (non-hydrogen) atoms. The molecule has 1 fully saturated rings. The van der Waals surface area contributed by atoms with Crippen molar-refractivity contribution in [2.24, 2.45) is 0 Å². The van der Waals surface area contributed by atoms with Crippen LogP contribution in [0.5, 0.6) is 0 Å². The van der Waals surface area contributed by atoms with Gasteiger partial charge < -0.3 is 4.90 Å². The van der Waals surface area contributed by atoms with Gasteiger partial charge in [0, 0.05) is 23.2 Å². The molecule has 1 heterocycles. The highest BCUT2D eigenvalue weighted by atomic mass is 35.5. The summed E-state index contributed by atoms with van der Waals surface area (Å²) in [6.45, 7) is 2.12. The molecule has 1 amide bonds. The van der Waals surface area contributed by atoms with E-state index in [2.05, 4.69) is 6.92 Å². The molecule has 3 heteroatoms. The van der Waals surface area contributed by atoms with Crippen LogP contribution in [0.25, 0.3) is 0 Å². The van der Waals surface area contributed by atoms with Crippen LogP contribution in [0.3, 0.4) is 0 Å². The first-order valence-corrected chi connectivity index (χ1v) is 5.68. The molecule has 1 aromatic carbocycles. The lowest BCUT2D eigenvalue weighted by molar-refractivity contribution is -0.117. The van der Waals surface area contributed by atoms with E-state index < -0.39 is 0 Å². The second-order valence-corrected chi connectivity index (χ2v) is 4.28. The quantitative estimate of drug-likeness (QED) is 0.754. The molecule has 0 radical (unpaired) electrons. The molecule has 2 rings (SSSR count). The summed E-state index contributed by atoms with van der Waals surface area (Å²) in [7, 11) is 0. The molecule has 80 valence electrons. The largest absolute Gasteiger partial charge is 0.309 e. The van der Waals surface area contributed by atoms with Crippen molar-refractivity contribution >= 4 is 23.2 Å². The summed E-state index contributed by atoms with van der Waals surface area (Å²) in [5.74, 6) is 0.226. The van der Waals surface area contributed by atoms with E-state index in [0.717, 1.165) is 18.5 Å². The summed E-state index contributed by atoms with van der Waals surface area (Å²) in [4.78, 5) is 13.6. The predicted molar refractivity (Wildman–Crippen MR) is 62.3 cm³/mol. The van der Waals surface area contributed by atoms with E-state index in [0.29, 0.717) is 17.5 Å². The third-order valence-electron chi connectivity index (χ3n) is 2.90. The van der Waals surface area contributed by atoms with Crippen LogP contribution in [0.2, 0.25) is 5.02 Å². The van der Waals surface area contributed by atoms with Gasteiger partial charge in [0.2, 0.25) is 5.91 Å². The van der Waals surface area contributed by atoms with Gasteiger partial charge in [-0.15, -0.1) is 0 Å². The number of hydrogen-bond donors (Lipinski definition) is 0. The first-order valence-electron chi connectivity index (χ1n) is 5.30. The Morgan fingerprint density at radius 1 is 1.40 bits per heavy atom. The van der Waals surface area contributed by atoms with Gasteiger partial charge in [-0.2, -0.15) is 0 Å². The van der Waals surface area contributed by atoms with E-state index in [-0.39, 0.29) is 5.91 Å². The fraction of sp³-hybridized carbons (Fsp3) is 0.417. The fourth-order valence-corrected chi connectivity index (χ4v) is 2.21. The maximum atomic E-state index is 11.7. The monoisotopic (exact) mass is 223 g/mol. The van der Waals surface area contributed by atoms with Crippen molar-refractivity contribution in [2.45, 2.75) is 32.2 Å². The van der Waals surface area contributed by atoms with Crippen LogP contribution in [0.4, 0.5) is 5.69 Å². The second-order valence-electron chi connectivity index (χ2n) is 3.84. The average Bonchev–Trinajstić information content (AvgIpc) is 2.61. The molecule has 0 aromatic heterocycles. The smallest absolute Gasteiger partial charge is 0.227 e. The predicted octanol–water partition coefficient (Wildman–Crippen LogP) is 3.25. The lowest BCUT2D eigenvalue weighted by atomic mass is 10.1. The highest BCUT2D eigenvalue weighted by Crippen LogP contribution is 2.28. The van der Waals surface area contributed by atoms with E-state index in [1.54, 1.807) is 0 Å².